The first kappa shape index (κ1) is 22.8. The number of sulfonamides is 1. The lowest BCUT2D eigenvalue weighted by Crippen LogP contribution is -2.18. The molecule has 0 spiro atoms. The highest BCUT2D eigenvalue weighted by atomic mass is 32.2. The fraction of sp³-hybridized carbons (Fsp3) is 0.381. The molecule has 1 aromatic carbocycles. The van der Waals surface area contributed by atoms with Crippen LogP contribution < -0.4 is 14.2 Å². The lowest BCUT2D eigenvalue weighted by Gasteiger charge is -2.21. The Bertz CT molecular complexity index is 1220. The smallest absolute Gasteiger partial charge is 0.232 e. The van der Waals surface area contributed by atoms with Gasteiger partial charge in [0.05, 0.1) is 43.2 Å². The van der Waals surface area contributed by atoms with Crippen molar-refractivity contribution in [3.63, 3.8) is 0 Å². The van der Waals surface area contributed by atoms with Crippen LogP contribution in [0.15, 0.2) is 30.6 Å². The molecule has 0 bridgehead atoms. The molecule has 3 aromatic rings. The molecule has 3 rings (SSSR count). The largest absolute Gasteiger partial charge is 0.496 e. The van der Waals surface area contributed by atoms with Crippen LogP contribution in [0.4, 0.5) is 10.1 Å². The van der Waals surface area contributed by atoms with Crippen molar-refractivity contribution in [3.05, 3.63) is 42.0 Å². The van der Waals surface area contributed by atoms with Crippen LogP contribution in [0.3, 0.4) is 0 Å². The summed E-state index contributed by atoms with van der Waals surface area (Å²) in [5, 5.41) is 10.5. The van der Waals surface area contributed by atoms with Gasteiger partial charge in [0, 0.05) is 23.4 Å². The second kappa shape index (κ2) is 8.35. The van der Waals surface area contributed by atoms with Crippen molar-refractivity contribution in [2.75, 3.05) is 24.7 Å². The summed E-state index contributed by atoms with van der Waals surface area (Å²) in [4.78, 5) is 4.34. The molecule has 0 unspecified atom stereocenters. The first-order valence-electron chi connectivity index (χ1n) is 9.67. The minimum absolute atomic E-state index is 0.00266. The van der Waals surface area contributed by atoms with Crippen LogP contribution in [0.1, 0.15) is 32.8 Å². The zero-order chi connectivity index (χ0) is 23.0. The number of nitrogens with zero attached hydrogens (tertiary/aromatic N) is 2. The van der Waals surface area contributed by atoms with Gasteiger partial charge in [0.1, 0.15) is 11.4 Å². The highest BCUT2D eigenvalue weighted by Crippen LogP contribution is 2.36. The third-order valence-electron chi connectivity index (χ3n) is 4.77. The van der Waals surface area contributed by atoms with E-state index >= 15 is 0 Å². The van der Waals surface area contributed by atoms with E-state index in [1.807, 2.05) is 0 Å². The van der Waals surface area contributed by atoms with Gasteiger partial charge in [-0.2, -0.15) is 0 Å². The molecule has 0 amide bonds. The average molecular weight is 452 g/mol. The van der Waals surface area contributed by atoms with Gasteiger partial charge in [-0.05, 0) is 32.4 Å². The molecule has 0 aliphatic carbocycles. The molecule has 2 N–H and O–H groups in total. The predicted molar refractivity (Wildman–Crippen MR) is 117 cm³/mol. The van der Waals surface area contributed by atoms with Crippen LogP contribution in [-0.2, 0) is 15.6 Å². The standard InChI is InChI=1S/C21H26FN3O5S/c1-6-7-31(27,28)24-16-9-13(8-15(22)20(16)30-5)17-11-23-19-10-18(29-4)14(12-25(17)19)21(2,3)26/h8-12,24,26H,6-7H2,1-5H3. The van der Waals surface area contributed by atoms with Gasteiger partial charge in [0.15, 0.2) is 11.6 Å². The summed E-state index contributed by atoms with van der Waals surface area (Å²) in [7, 11) is -0.898. The van der Waals surface area contributed by atoms with Crippen molar-refractivity contribution < 1.29 is 27.4 Å². The molecule has 8 nitrogen and oxygen atoms in total. The first-order chi connectivity index (χ1) is 14.5. The van der Waals surface area contributed by atoms with E-state index in [-0.39, 0.29) is 17.2 Å². The van der Waals surface area contributed by atoms with E-state index in [0.717, 1.165) is 0 Å². The maximum Gasteiger partial charge on any atom is 0.232 e. The molecule has 31 heavy (non-hydrogen) atoms. The van der Waals surface area contributed by atoms with Gasteiger partial charge >= 0.3 is 0 Å². The van der Waals surface area contributed by atoms with Crippen molar-refractivity contribution in [3.8, 4) is 22.8 Å². The number of benzene rings is 1. The fourth-order valence-corrected chi connectivity index (χ4v) is 4.49. The van der Waals surface area contributed by atoms with Crippen molar-refractivity contribution in [2.24, 2.45) is 0 Å². The van der Waals surface area contributed by atoms with Crippen LogP contribution >= 0.6 is 0 Å². The average Bonchev–Trinajstić information content (AvgIpc) is 3.08. The molecule has 2 heterocycles. The molecule has 0 fully saturated rings. The molecule has 0 atom stereocenters. The van der Waals surface area contributed by atoms with Crippen molar-refractivity contribution in [2.45, 2.75) is 32.8 Å². The van der Waals surface area contributed by atoms with E-state index in [1.54, 1.807) is 37.4 Å². The number of fused-ring (bicyclic) bond motifs is 1. The molecule has 0 aliphatic rings. The number of aromatic nitrogens is 2. The Morgan fingerprint density at radius 3 is 2.52 bits per heavy atom. The first-order valence-corrected chi connectivity index (χ1v) is 11.3. The number of halogens is 1. The van der Waals surface area contributed by atoms with E-state index in [1.165, 1.54) is 32.5 Å². The van der Waals surface area contributed by atoms with Gasteiger partial charge in [-0.1, -0.05) is 6.92 Å². The van der Waals surface area contributed by atoms with Gasteiger partial charge in [0.2, 0.25) is 10.0 Å². The number of rotatable bonds is 8. The highest BCUT2D eigenvalue weighted by Gasteiger charge is 2.24. The van der Waals surface area contributed by atoms with Gasteiger partial charge in [0.25, 0.3) is 0 Å². The number of hydrogen-bond acceptors (Lipinski definition) is 6. The number of aliphatic hydroxyl groups is 1. The van der Waals surface area contributed by atoms with E-state index in [0.29, 0.717) is 34.6 Å². The van der Waals surface area contributed by atoms with E-state index in [4.69, 9.17) is 9.47 Å². The van der Waals surface area contributed by atoms with E-state index in [2.05, 4.69) is 9.71 Å². The Labute approximate surface area is 180 Å². The van der Waals surface area contributed by atoms with Gasteiger partial charge in [-0.25, -0.2) is 17.8 Å². The molecular weight excluding hydrogens is 425 g/mol. The summed E-state index contributed by atoms with van der Waals surface area (Å²) >= 11 is 0. The van der Waals surface area contributed by atoms with Crippen LogP contribution in [0.2, 0.25) is 0 Å². The maximum absolute atomic E-state index is 14.8. The predicted octanol–water partition coefficient (Wildman–Crippen LogP) is 3.54. The second-order valence-electron chi connectivity index (χ2n) is 7.65. The van der Waals surface area contributed by atoms with Crippen LogP contribution in [0.25, 0.3) is 16.9 Å². The molecular formula is C21H26FN3O5S. The molecule has 168 valence electrons. The molecule has 0 radical (unpaired) electrons. The summed E-state index contributed by atoms with van der Waals surface area (Å²) in [6, 6.07) is 4.40. The zero-order valence-corrected chi connectivity index (χ0v) is 18.9. The minimum Gasteiger partial charge on any atom is -0.496 e. The Morgan fingerprint density at radius 1 is 1.23 bits per heavy atom. The minimum atomic E-state index is -3.67. The van der Waals surface area contributed by atoms with E-state index in [9.17, 15) is 17.9 Å². The molecule has 10 heteroatoms. The lowest BCUT2D eigenvalue weighted by molar-refractivity contribution is 0.0752. The quantitative estimate of drug-likeness (QED) is 0.543. The van der Waals surface area contributed by atoms with E-state index < -0.39 is 21.4 Å². The fourth-order valence-electron chi connectivity index (χ4n) is 3.36. The van der Waals surface area contributed by atoms with Gasteiger partial charge < -0.3 is 14.6 Å². The molecule has 0 saturated carbocycles. The number of ether oxygens (including phenoxy) is 2. The topological polar surface area (TPSA) is 102 Å². The highest BCUT2D eigenvalue weighted by molar-refractivity contribution is 7.92. The number of methoxy groups -OCH3 is 2. The van der Waals surface area contributed by atoms with Crippen molar-refractivity contribution >= 4 is 21.4 Å². The van der Waals surface area contributed by atoms with Crippen molar-refractivity contribution in [1.29, 1.82) is 0 Å². The third-order valence-corrected chi connectivity index (χ3v) is 6.25. The Morgan fingerprint density at radius 2 is 1.94 bits per heavy atom. The second-order valence-corrected chi connectivity index (χ2v) is 9.49. The number of nitrogens with one attached hydrogen (secondary N) is 1. The number of pyridine rings is 1. The summed E-state index contributed by atoms with van der Waals surface area (Å²) in [5.74, 6) is -0.561. The normalized spacial score (nSPS) is 12.2. The van der Waals surface area contributed by atoms with Crippen LogP contribution in [0.5, 0.6) is 11.5 Å². The summed E-state index contributed by atoms with van der Waals surface area (Å²) in [5.41, 5.74) is 0.709. The van der Waals surface area contributed by atoms with Crippen LogP contribution in [-0.4, -0.2) is 42.9 Å². The summed E-state index contributed by atoms with van der Waals surface area (Å²) in [6.07, 6.45) is 3.61. The number of imidazole rings is 1. The lowest BCUT2D eigenvalue weighted by atomic mass is 9.99. The number of anilines is 1. The summed E-state index contributed by atoms with van der Waals surface area (Å²) < 4.78 is 53.9. The maximum atomic E-state index is 14.8. The van der Waals surface area contributed by atoms with Crippen molar-refractivity contribution in [1.82, 2.24) is 9.38 Å². The third kappa shape index (κ3) is 4.59. The Hall–Kier alpha value is -2.85. The number of hydrogen-bond donors (Lipinski definition) is 2. The van der Waals surface area contributed by atoms with Gasteiger partial charge in [-0.15, -0.1) is 0 Å². The Kier molecular flexibility index (Phi) is 6.15. The monoisotopic (exact) mass is 451 g/mol. The molecule has 0 saturated heterocycles. The SMILES string of the molecule is CCCS(=O)(=O)Nc1cc(-c2cnc3cc(OC)c(C(C)(C)O)cn23)cc(F)c1OC. The zero-order valence-electron chi connectivity index (χ0n) is 18.1. The molecule has 2 aromatic heterocycles. The molecule has 0 aliphatic heterocycles. The Balaban J connectivity index is 2.21. The van der Waals surface area contributed by atoms with Gasteiger partial charge in [-0.3, -0.25) is 9.12 Å². The summed E-state index contributed by atoms with van der Waals surface area (Å²) in [6.45, 7) is 4.99. The van der Waals surface area contributed by atoms with Crippen LogP contribution in [0, 0.1) is 5.82 Å².